The zero-order valence-electron chi connectivity index (χ0n) is 14.6. The van der Waals surface area contributed by atoms with E-state index in [1.165, 1.54) is 0 Å². The maximum absolute atomic E-state index is 6.13. The summed E-state index contributed by atoms with van der Waals surface area (Å²) in [5, 5.41) is 0. The van der Waals surface area contributed by atoms with Gasteiger partial charge in [-0.3, -0.25) is 0 Å². The van der Waals surface area contributed by atoms with Crippen LogP contribution in [-0.2, 0) is 0 Å². The SMILES string of the molecule is CCN(CC)CC(C)Oc1ccccc1Oc1ccccc1C. The van der Waals surface area contributed by atoms with Gasteiger partial charge in [-0.15, -0.1) is 0 Å². The van der Waals surface area contributed by atoms with Gasteiger partial charge in [0.05, 0.1) is 0 Å². The van der Waals surface area contributed by atoms with Crippen molar-refractivity contribution in [2.45, 2.75) is 33.8 Å². The molecular weight excluding hydrogens is 286 g/mol. The lowest BCUT2D eigenvalue weighted by Crippen LogP contribution is -2.33. The molecule has 124 valence electrons. The van der Waals surface area contributed by atoms with E-state index in [4.69, 9.17) is 9.47 Å². The summed E-state index contributed by atoms with van der Waals surface area (Å²) in [5.74, 6) is 2.41. The summed E-state index contributed by atoms with van der Waals surface area (Å²) in [7, 11) is 0. The average Bonchev–Trinajstić information content (AvgIpc) is 2.56. The third-order valence-corrected chi connectivity index (χ3v) is 3.90. The van der Waals surface area contributed by atoms with Crippen LogP contribution in [0.5, 0.6) is 17.2 Å². The second-order valence-corrected chi connectivity index (χ2v) is 5.73. The molecular formula is C20H27NO2. The fourth-order valence-electron chi connectivity index (χ4n) is 2.52. The van der Waals surface area contributed by atoms with E-state index in [9.17, 15) is 0 Å². The first-order chi connectivity index (χ1) is 11.1. The Bertz CT molecular complexity index is 608. The smallest absolute Gasteiger partial charge is 0.169 e. The molecule has 3 nitrogen and oxygen atoms in total. The molecule has 2 aromatic rings. The largest absolute Gasteiger partial charge is 0.485 e. The highest BCUT2D eigenvalue weighted by molar-refractivity contribution is 5.44. The van der Waals surface area contributed by atoms with Crippen LogP contribution in [0.15, 0.2) is 48.5 Å². The molecule has 0 aliphatic rings. The zero-order chi connectivity index (χ0) is 16.7. The Labute approximate surface area is 139 Å². The second-order valence-electron chi connectivity index (χ2n) is 5.73. The molecule has 0 bridgehead atoms. The number of hydrogen-bond donors (Lipinski definition) is 0. The van der Waals surface area contributed by atoms with Crippen LogP contribution in [0.4, 0.5) is 0 Å². The molecule has 1 atom stereocenters. The van der Waals surface area contributed by atoms with Crippen molar-refractivity contribution in [1.82, 2.24) is 4.90 Å². The molecule has 0 radical (unpaired) electrons. The highest BCUT2D eigenvalue weighted by Gasteiger charge is 2.13. The highest BCUT2D eigenvalue weighted by atomic mass is 16.5. The molecule has 1 unspecified atom stereocenters. The maximum atomic E-state index is 6.13. The van der Waals surface area contributed by atoms with Crippen LogP contribution in [0, 0.1) is 6.92 Å². The van der Waals surface area contributed by atoms with E-state index in [0.717, 1.165) is 42.4 Å². The Balaban J connectivity index is 2.10. The van der Waals surface area contributed by atoms with Gasteiger partial charge in [0.2, 0.25) is 0 Å². The van der Waals surface area contributed by atoms with E-state index in [2.05, 4.69) is 25.7 Å². The average molecular weight is 313 g/mol. The molecule has 0 saturated heterocycles. The third-order valence-electron chi connectivity index (χ3n) is 3.90. The first-order valence-corrected chi connectivity index (χ1v) is 8.35. The predicted molar refractivity (Wildman–Crippen MR) is 95.6 cm³/mol. The number of rotatable bonds is 8. The Morgan fingerprint density at radius 2 is 1.43 bits per heavy atom. The monoisotopic (exact) mass is 313 g/mol. The lowest BCUT2D eigenvalue weighted by molar-refractivity contribution is 0.150. The molecule has 3 heteroatoms. The Morgan fingerprint density at radius 3 is 2.04 bits per heavy atom. The summed E-state index contributed by atoms with van der Waals surface area (Å²) in [4.78, 5) is 2.36. The van der Waals surface area contributed by atoms with E-state index in [0.29, 0.717) is 0 Å². The molecule has 23 heavy (non-hydrogen) atoms. The second kappa shape index (κ2) is 8.59. The van der Waals surface area contributed by atoms with Crippen LogP contribution in [-0.4, -0.2) is 30.6 Å². The van der Waals surface area contributed by atoms with Gasteiger partial charge < -0.3 is 14.4 Å². The molecule has 0 saturated carbocycles. The van der Waals surface area contributed by atoms with Crippen molar-refractivity contribution in [1.29, 1.82) is 0 Å². The topological polar surface area (TPSA) is 21.7 Å². The van der Waals surface area contributed by atoms with Gasteiger partial charge in [0.1, 0.15) is 11.9 Å². The first-order valence-electron chi connectivity index (χ1n) is 8.35. The van der Waals surface area contributed by atoms with Crippen molar-refractivity contribution in [2.75, 3.05) is 19.6 Å². The van der Waals surface area contributed by atoms with Crippen molar-refractivity contribution in [3.05, 3.63) is 54.1 Å². The van der Waals surface area contributed by atoms with Crippen LogP contribution >= 0.6 is 0 Å². The molecule has 0 N–H and O–H groups in total. The van der Waals surface area contributed by atoms with E-state index < -0.39 is 0 Å². The minimum Gasteiger partial charge on any atom is -0.485 e. The molecule has 2 aromatic carbocycles. The fourth-order valence-corrected chi connectivity index (χ4v) is 2.52. The lowest BCUT2D eigenvalue weighted by atomic mass is 10.2. The number of para-hydroxylation sites is 3. The Morgan fingerprint density at radius 1 is 0.870 bits per heavy atom. The van der Waals surface area contributed by atoms with Gasteiger partial charge >= 0.3 is 0 Å². The van der Waals surface area contributed by atoms with Gasteiger partial charge in [-0.2, -0.15) is 0 Å². The van der Waals surface area contributed by atoms with Crippen LogP contribution < -0.4 is 9.47 Å². The number of ether oxygens (including phenoxy) is 2. The van der Waals surface area contributed by atoms with Crippen molar-refractivity contribution < 1.29 is 9.47 Å². The van der Waals surface area contributed by atoms with Crippen LogP contribution in [0.2, 0.25) is 0 Å². The van der Waals surface area contributed by atoms with Gasteiger partial charge in [-0.05, 0) is 50.7 Å². The number of hydrogen-bond acceptors (Lipinski definition) is 3. The van der Waals surface area contributed by atoms with Crippen molar-refractivity contribution >= 4 is 0 Å². The van der Waals surface area contributed by atoms with Crippen molar-refractivity contribution in [3.63, 3.8) is 0 Å². The molecule has 0 aliphatic carbocycles. The molecule has 0 aromatic heterocycles. The molecule has 0 heterocycles. The van der Waals surface area contributed by atoms with Crippen LogP contribution in [0.1, 0.15) is 26.3 Å². The highest BCUT2D eigenvalue weighted by Crippen LogP contribution is 2.33. The van der Waals surface area contributed by atoms with E-state index >= 15 is 0 Å². The number of aryl methyl sites for hydroxylation is 1. The minimum atomic E-state index is 0.108. The van der Waals surface area contributed by atoms with Gasteiger partial charge in [0.15, 0.2) is 11.5 Å². The lowest BCUT2D eigenvalue weighted by Gasteiger charge is -2.24. The van der Waals surface area contributed by atoms with Gasteiger partial charge in [-0.1, -0.05) is 44.2 Å². The minimum absolute atomic E-state index is 0.108. The van der Waals surface area contributed by atoms with Crippen LogP contribution in [0.25, 0.3) is 0 Å². The molecule has 2 rings (SSSR count). The summed E-state index contributed by atoms with van der Waals surface area (Å²) >= 11 is 0. The molecule has 0 spiro atoms. The van der Waals surface area contributed by atoms with Gasteiger partial charge in [-0.25, -0.2) is 0 Å². The van der Waals surface area contributed by atoms with E-state index in [1.807, 2.05) is 55.5 Å². The standard InChI is InChI=1S/C20H27NO2/c1-5-21(6-2)15-17(4)22-19-13-9-10-14-20(19)23-18-12-8-7-11-16(18)3/h7-14,17H,5-6,15H2,1-4H3. The Hall–Kier alpha value is -2.00. The van der Waals surface area contributed by atoms with Gasteiger partial charge in [0.25, 0.3) is 0 Å². The molecule has 0 amide bonds. The maximum Gasteiger partial charge on any atom is 0.169 e. The molecule has 0 aliphatic heterocycles. The van der Waals surface area contributed by atoms with Gasteiger partial charge in [0, 0.05) is 6.54 Å². The van der Waals surface area contributed by atoms with E-state index in [-0.39, 0.29) is 6.10 Å². The summed E-state index contributed by atoms with van der Waals surface area (Å²) in [6.07, 6.45) is 0.108. The quantitative estimate of drug-likeness (QED) is 0.692. The number of nitrogens with zero attached hydrogens (tertiary/aromatic N) is 1. The third kappa shape index (κ3) is 5.00. The molecule has 0 fully saturated rings. The summed E-state index contributed by atoms with van der Waals surface area (Å²) in [6.45, 7) is 11.5. The van der Waals surface area contributed by atoms with Crippen LogP contribution in [0.3, 0.4) is 0 Å². The van der Waals surface area contributed by atoms with Crippen molar-refractivity contribution in [3.8, 4) is 17.2 Å². The van der Waals surface area contributed by atoms with Crippen molar-refractivity contribution in [2.24, 2.45) is 0 Å². The fraction of sp³-hybridized carbons (Fsp3) is 0.400. The summed E-state index contributed by atoms with van der Waals surface area (Å²) in [5.41, 5.74) is 1.11. The summed E-state index contributed by atoms with van der Waals surface area (Å²) in [6, 6.07) is 15.9. The number of benzene rings is 2. The number of likely N-dealkylation sites (N-methyl/N-ethyl adjacent to an activating group) is 1. The Kier molecular flexibility index (Phi) is 6.48. The zero-order valence-corrected chi connectivity index (χ0v) is 14.6. The normalized spacial score (nSPS) is 12.2. The summed E-state index contributed by atoms with van der Waals surface area (Å²) < 4.78 is 12.2. The van der Waals surface area contributed by atoms with E-state index in [1.54, 1.807) is 0 Å². The first kappa shape index (κ1) is 17.4. The predicted octanol–water partition coefficient (Wildman–Crippen LogP) is 4.90.